The van der Waals surface area contributed by atoms with Gasteiger partial charge in [0.25, 0.3) is 5.91 Å². The van der Waals surface area contributed by atoms with E-state index in [9.17, 15) is 9.59 Å². The highest BCUT2D eigenvalue weighted by molar-refractivity contribution is 5.95. The summed E-state index contributed by atoms with van der Waals surface area (Å²) in [5, 5.41) is 9.10. The molecule has 2 unspecified atom stereocenters. The Hall–Kier alpha value is -1.78. The highest BCUT2D eigenvalue weighted by Crippen LogP contribution is 2.25. The summed E-state index contributed by atoms with van der Waals surface area (Å²) in [7, 11) is 0. The molecule has 0 spiro atoms. The van der Waals surface area contributed by atoms with E-state index in [1.54, 1.807) is 24.8 Å². The highest BCUT2D eigenvalue weighted by atomic mass is 16.4. The van der Waals surface area contributed by atoms with E-state index in [0.717, 1.165) is 6.42 Å². The van der Waals surface area contributed by atoms with Crippen LogP contribution in [0.2, 0.25) is 0 Å². The van der Waals surface area contributed by atoms with Crippen LogP contribution >= 0.6 is 0 Å². The third-order valence-corrected chi connectivity index (χ3v) is 3.76. The molecule has 5 heteroatoms. The summed E-state index contributed by atoms with van der Waals surface area (Å²) in [6, 6.07) is 1.78. The fraction of sp³-hybridized carbons (Fsp3) is 0.571. The van der Waals surface area contributed by atoms with Gasteiger partial charge in [0.1, 0.15) is 11.5 Å². The molecule has 0 aromatic carbocycles. The van der Waals surface area contributed by atoms with Gasteiger partial charge in [-0.1, -0.05) is 0 Å². The number of likely N-dealkylation sites (tertiary alicyclic amines) is 1. The molecule has 104 valence electrons. The monoisotopic (exact) mass is 265 g/mol. The van der Waals surface area contributed by atoms with Crippen molar-refractivity contribution in [1.82, 2.24) is 4.90 Å². The quantitative estimate of drug-likeness (QED) is 0.890. The average molecular weight is 265 g/mol. The van der Waals surface area contributed by atoms with Gasteiger partial charge in [-0.15, -0.1) is 0 Å². The van der Waals surface area contributed by atoms with Crippen molar-refractivity contribution in [2.24, 2.45) is 5.92 Å². The van der Waals surface area contributed by atoms with Gasteiger partial charge >= 0.3 is 5.97 Å². The molecule has 1 aliphatic rings. The van der Waals surface area contributed by atoms with Gasteiger partial charge in [0.15, 0.2) is 0 Å². The van der Waals surface area contributed by atoms with Crippen LogP contribution in [-0.2, 0) is 4.79 Å². The Balaban J connectivity index is 2.21. The minimum Gasteiger partial charge on any atom is -0.481 e. The minimum atomic E-state index is -0.829. The van der Waals surface area contributed by atoms with E-state index >= 15 is 0 Å². The van der Waals surface area contributed by atoms with Crippen molar-refractivity contribution >= 4 is 11.9 Å². The van der Waals surface area contributed by atoms with Gasteiger partial charge in [-0.2, -0.15) is 0 Å². The molecular weight excluding hydrogens is 246 g/mol. The van der Waals surface area contributed by atoms with Crippen molar-refractivity contribution in [3.05, 3.63) is 23.2 Å². The topological polar surface area (TPSA) is 70.8 Å². The van der Waals surface area contributed by atoms with Crippen molar-refractivity contribution in [1.29, 1.82) is 0 Å². The van der Waals surface area contributed by atoms with Gasteiger partial charge in [0, 0.05) is 12.6 Å². The number of aryl methyl sites for hydroxylation is 2. The second kappa shape index (κ2) is 5.07. The largest absolute Gasteiger partial charge is 0.481 e. The van der Waals surface area contributed by atoms with E-state index < -0.39 is 11.9 Å². The van der Waals surface area contributed by atoms with Crippen molar-refractivity contribution < 1.29 is 19.1 Å². The number of hydrogen-bond acceptors (Lipinski definition) is 3. The first kappa shape index (κ1) is 13.6. The van der Waals surface area contributed by atoms with E-state index in [1.807, 2.05) is 6.92 Å². The Bertz CT molecular complexity index is 506. The molecule has 1 aliphatic heterocycles. The predicted octanol–water partition coefficient (Wildman–Crippen LogP) is 2.22. The summed E-state index contributed by atoms with van der Waals surface area (Å²) < 4.78 is 5.37. The number of rotatable bonds is 2. The predicted molar refractivity (Wildman–Crippen MR) is 69.0 cm³/mol. The molecule has 1 aromatic heterocycles. The van der Waals surface area contributed by atoms with Crippen LogP contribution in [0.3, 0.4) is 0 Å². The van der Waals surface area contributed by atoms with E-state index in [1.165, 1.54) is 0 Å². The lowest BCUT2D eigenvalue weighted by Gasteiger charge is -2.36. The van der Waals surface area contributed by atoms with Gasteiger partial charge in [0.2, 0.25) is 0 Å². The first-order valence-electron chi connectivity index (χ1n) is 6.51. The summed E-state index contributed by atoms with van der Waals surface area (Å²) in [6.07, 6.45) is 1.35. The Morgan fingerprint density at radius 3 is 2.58 bits per heavy atom. The Morgan fingerprint density at radius 1 is 1.37 bits per heavy atom. The first-order valence-corrected chi connectivity index (χ1v) is 6.51. The van der Waals surface area contributed by atoms with E-state index in [2.05, 4.69) is 0 Å². The molecule has 19 heavy (non-hydrogen) atoms. The third kappa shape index (κ3) is 2.64. The van der Waals surface area contributed by atoms with Crippen LogP contribution < -0.4 is 0 Å². The highest BCUT2D eigenvalue weighted by Gasteiger charge is 2.33. The summed E-state index contributed by atoms with van der Waals surface area (Å²) >= 11 is 0. The summed E-state index contributed by atoms with van der Waals surface area (Å²) in [5.41, 5.74) is 0.537. The number of amides is 1. The standard InChI is InChI=1S/C14H19NO4/c1-8-4-5-11(14(17)18)7-15(8)13(16)12-6-9(2)19-10(12)3/h6,8,11H,4-5,7H2,1-3H3,(H,17,18). The molecule has 2 rings (SSSR count). The second-order valence-corrected chi connectivity index (χ2v) is 5.25. The molecule has 2 heterocycles. The molecule has 0 radical (unpaired) electrons. The second-order valence-electron chi connectivity index (χ2n) is 5.25. The average Bonchev–Trinajstić information content (AvgIpc) is 2.68. The lowest BCUT2D eigenvalue weighted by molar-refractivity contribution is -0.143. The normalized spacial score (nSPS) is 23.4. The van der Waals surface area contributed by atoms with Crippen molar-refractivity contribution in [2.45, 2.75) is 39.7 Å². The van der Waals surface area contributed by atoms with E-state index in [-0.39, 0.29) is 18.5 Å². The molecule has 0 aliphatic carbocycles. The third-order valence-electron chi connectivity index (χ3n) is 3.76. The number of aliphatic carboxylic acids is 1. The van der Waals surface area contributed by atoms with Gasteiger partial charge in [-0.25, -0.2) is 0 Å². The van der Waals surface area contributed by atoms with Crippen LogP contribution in [0.25, 0.3) is 0 Å². The first-order chi connectivity index (χ1) is 8.90. The van der Waals surface area contributed by atoms with Crippen LogP contribution in [0.4, 0.5) is 0 Å². The molecule has 1 amide bonds. The molecular formula is C14H19NO4. The smallest absolute Gasteiger partial charge is 0.308 e. The molecule has 1 aromatic rings. The Morgan fingerprint density at radius 2 is 2.05 bits per heavy atom. The number of carboxylic acid groups (broad SMARTS) is 1. The zero-order chi connectivity index (χ0) is 14.2. The van der Waals surface area contributed by atoms with Gasteiger partial charge in [0.05, 0.1) is 11.5 Å². The van der Waals surface area contributed by atoms with E-state index in [0.29, 0.717) is 23.5 Å². The molecule has 2 atom stereocenters. The molecule has 5 nitrogen and oxygen atoms in total. The maximum atomic E-state index is 12.5. The van der Waals surface area contributed by atoms with Gasteiger partial charge in [-0.3, -0.25) is 9.59 Å². The van der Waals surface area contributed by atoms with Gasteiger partial charge in [-0.05, 0) is 39.7 Å². The zero-order valence-corrected chi connectivity index (χ0v) is 11.5. The summed E-state index contributed by atoms with van der Waals surface area (Å²) in [6.45, 7) is 5.78. The number of furan rings is 1. The lowest BCUT2D eigenvalue weighted by atomic mass is 9.93. The number of nitrogens with zero attached hydrogens (tertiary/aromatic N) is 1. The number of carbonyl (C=O) groups excluding carboxylic acids is 1. The molecule has 1 fully saturated rings. The Labute approximate surface area is 112 Å². The van der Waals surface area contributed by atoms with Crippen LogP contribution in [0.5, 0.6) is 0 Å². The number of carbonyl (C=O) groups is 2. The fourth-order valence-electron chi connectivity index (χ4n) is 2.59. The van der Waals surface area contributed by atoms with Crippen molar-refractivity contribution in [3.8, 4) is 0 Å². The van der Waals surface area contributed by atoms with Crippen LogP contribution in [-0.4, -0.2) is 34.5 Å². The molecule has 0 saturated carbocycles. The van der Waals surface area contributed by atoms with Crippen LogP contribution in [0, 0.1) is 19.8 Å². The Kier molecular flexibility index (Phi) is 3.64. The summed E-state index contributed by atoms with van der Waals surface area (Å²) in [4.78, 5) is 25.2. The molecule has 1 saturated heterocycles. The number of carboxylic acids is 1. The summed E-state index contributed by atoms with van der Waals surface area (Å²) in [5.74, 6) is -0.140. The number of piperidine rings is 1. The minimum absolute atomic E-state index is 0.0673. The molecule has 1 N–H and O–H groups in total. The lowest BCUT2D eigenvalue weighted by Crippen LogP contribution is -2.47. The maximum absolute atomic E-state index is 12.5. The zero-order valence-electron chi connectivity index (χ0n) is 11.5. The van der Waals surface area contributed by atoms with Crippen LogP contribution in [0.1, 0.15) is 41.6 Å². The van der Waals surface area contributed by atoms with E-state index in [4.69, 9.17) is 9.52 Å². The van der Waals surface area contributed by atoms with Crippen LogP contribution in [0.15, 0.2) is 10.5 Å². The van der Waals surface area contributed by atoms with Crippen molar-refractivity contribution in [3.63, 3.8) is 0 Å². The van der Waals surface area contributed by atoms with Gasteiger partial charge < -0.3 is 14.4 Å². The SMILES string of the molecule is Cc1cc(C(=O)N2CC(C(=O)O)CCC2C)c(C)o1. The number of hydrogen-bond donors (Lipinski definition) is 1. The fourth-order valence-corrected chi connectivity index (χ4v) is 2.59. The maximum Gasteiger partial charge on any atom is 0.308 e. The molecule has 0 bridgehead atoms. The van der Waals surface area contributed by atoms with Crippen molar-refractivity contribution in [2.75, 3.05) is 6.54 Å².